The molecule has 17 heavy (non-hydrogen) atoms. The van der Waals surface area contributed by atoms with E-state index in [-0.39, 0.29) is 0 Å². The van der Waals surface area contributed by atoms with Gasteiger partial charge in [-0.15, -0.1) is 0 Å². The Morgan fingerprint density at radius 3 is 2.41 bits per heavy atom. The molecule has 0 aliphatic carbocycles. The summed E-state index contributed by atoms with van der Waals surface area (Å²) in [6, 6.07) is 9.87. The number of hydrogen-bond donors (Lipinski definition) is 0. The molecule has 0 bridgehead atoms. The van der Waals surface area contributed by atoms with Gasteiger partial charge in [0.1, 0.15) is 5.75 Å². The Kier molecular flexibility index (Phi) is 6.07. The summed E-state index contributed by atoms with van der Waals surface area (Å²) in [4.78, 5) is 0. The molecule has 0 amide bonds. The quantitative estimate of drug-likeness (QED) is 0.748. The van der Waals surface area contributed by atoms with Crippen molar-refractivity contribution >= 4 is 15.9 Å². The number of benzene rings is 1. The average Bonchev–Trinajstić information content (AvgIpc) is 2.32. The Morgan fingerprint density at radius 2 is 1.94 bits per heavy atom. The first-order valence-electron chi connectivity index (χ1n) is 5.82. The summed E-state index contributed by atoms with van der Waals surface area (Å²) in [6.45, 7) is 5.12. The van der Waals surface area contributed by atoms with Crippen LogP contribution in [0.15, 0.2) is 24.3 Å². The van der Waals surface area contributed by atoms with Crippen molar-refractivity contribution in [3.63, 3.8) is 0 Å². The summed E-state index contributed by atoms with van der Waals surface area (Å²) >= 11 is 3.51. The molecule has 0 aliphatic heterocycles. The Bertz CT molecular complexity index is 367. The van der Waals surface area contributed by atoms with Gasteiger partial charge in [0.25, 0.3) is 0 Å². The zero-order valence-electron chi connectivity index (χ0n) is 10.3. The maximum atomic E-state index is 8.57. The summed E-state index contributed by atoms with van der Waals surface area (Å²) in [6.07, 6.45) is 0.455. The van der Waals surface area contributed by atoms with E-state index in [1.165, 1.54) is 0 Å². The number of halogens is 1. The van der Waals surface area contributed by atoms with Crippen LogP contribution in [0, 0.1) is 23.2 Å². The zero-order chi connectivity index (χ0) is 12.7. The minimum absolute atomic E-state index is 0.455. The highest BCUT2D eigenvalue weighted by Crippen LogP contribution is 2.18. The van der Waals surface area contributed by atoms with Gasteiger partial charge in [0.15, 0.2) is 0 Å². The fourth-order valence-electron chi connectivity index (χ4n) is 1.41. The number of alkyl halides is 1. The Balaban J connectivity index is 2.49. The number of hydrogen-bond acceptors (Lipinski definition) is 2. The van der Waals surface area contributed by atoms with E-state index in [1.54, 1.807) is 0 Å². The lowest BCUT2D eigenvalue weighted by molar-refractivity contribution is 0.227. The molecule has 2 nitrogen and oxygen atoms in total. The van der Waals surface area contributed by atoms with Crippen molar-refractivity contribution in [2.24, 2.45) is 11.8 Å². The van der Waals surface area contributed by atoms with Crippen molar-refractivity contribution < 1.29 is 4.74 Å². The summed E-state index contributed by atoms with van der Waals surface area (Å²) in [5, 5.41) is 9.53. The van der Waals surface area contributed by atoms with Gasteiger partial charge >= 0.3 is 0 Å². The van der Waals surface area contributed by atoms with Crippen molar-refractivity contribution in [3.8, 4) is 11.8 Å². The van der Waals surface area contributed by atoms with Crippen molar-refractivity contribution in [3.05, 3.63) is 29.8 Å². The third kappa shape index (κ3) is 4.79. The number of rotatable bonds is 6. The van der Waals surface area contributed by atoms with Crippen LogP contribution in [-0.4, -0.2) is 11.9 Å². The first-order chi connectivity index (χ1) is 8.17. The minimum Gasteiger partial charge on any atom is -0.493 e. The molecule has 0 radical (unpaired) electrons. The van der Waals surface area contributed by atoms with Gasteiger partial charge in [-0.05, 0) is 23.6 Å². The fraction of sp³-hybridized carbons (Fsp3) is 0.500. The van der Waals surface area contributed by atoms with Crippen LogP contribution in [0.1, 0.15) is 19.4 Å². The number of nitrogens with zero attached hydrogens (tertiary/aromatic N) is 1. The Morgan fingerprint density at radius 1 is 1.29 bits per heavy atom. The van der Waals surface area contributed by atoms with Crippen LogP contribution in [0.2, 0.25) is 0 Å². The van der Waals surface area contributed by atoms with Gasteiger partial charge in [-0.1, -0.05) is 41.9 Å². The molecular weight excluding hydrogens is 278 g/mol. The molecule has 0 spiro atoms. The van der Waals surface area contributed by atoms with E-state index in [0.29, 0.717) is 18.3 Å². The van der Waals surface area contributed by atoms with Crippen molar-refractivity contribution in [1.29, 1.82) is 5.26 Å². The topological polar surface area (TPSA) is 33.0 Å². The first-order valence-corrected chi connectivity index (χ1v) is 6.94. The maximum Gasteiger partial charge on any atom is 0.119 e. The predicted molar refractivity (Wildman–Crippen MR) is 73.4 cm³/mol. The summed E-state index contributed by atoms with van der Waals surface area (Å²) in [5.74, 6) is 2.00. The molecule has 92 valence electrons. The van der Waals surface area contributed by atoms with Gasteiger partial charge in [-0.25, -0.2) is 0 Å². The van der Waals surface area contributed by atoms with Crippen LogP contribution in [0.25, 0.3) is 0 Å². The molecule has 0 N–H and O–H groups in total. The molecule has 1 aromatic carbocycles. The summed E-state index contributed by atoms with van der Waals surface area (Å²) in [5.41, 5.74) is 1.03. The van der Waals surface area contributed by atoms with Crippen LogP contribution < -0.4 is 4.74 Å². The number of ether oxygens (including phenoxy) is 1. The molecule has 0 aromatic heterocycles. The van der Waals surface area contributed by atoms with Gasteiger partial charge in [0.2, 0.25) is 0 Å². The average molecular weight is 296 g/mol. The minimum atomic E-state index is 0.455. The third-order valence-corrected chi connectivity index (χ3v) is 3.64. The standard InChI is InChI=1S/C14H18BrNO/c1-11(2)13(9-15)10-17-14-5-3-12(4-6-14)7-8-16/h3-6,11,13H,7,9-10H2,1-2H3. The molecule has 3 heteroatoms. The van der Waals surface area contributed by atoms with Gasteiger partial charge in [-0.3, -0.25) is 0 Å². The van der Waals surface area contributed by atoms with Crippen LogP contribution in [-0.2, 0) is 6.42 Å². The second kappa shape index (κ2) is 7.34. The molecular formula is C14H18BrNO. The van der Waals surface area contributed by atoms with Gasteiger partial charge in [-0.2, -0.15) is 5.26 Å². The highest BCUT2D eigenvalue weighted by atomic mass is 79.9. The van der Waals surface area contributed by atoms with Gasteiger partial charge in [0.05, 0.1) is 19.1 Å². The normalized spacial score (nSPS) is 12.2. The van der Waals surface area contributed by atoms with E-state index in [9.17, 15) is 0 Å². The summed E-state index contributed by atoms with van der Waals surface area (Å²) < 4.78 is 5.74. The molecule has 1 aromatic rings. The van der Waals surface area contributed by atoms with Crippen LogP contribution in [0.4, 0.5) is 0 Å². The smallest absolute Gasteiger partial charge is 0.119 e. The number of nitriles is 1. The lowest BCUT2D eigenvalue weighted by Crippen LogP contribution is -2.19. The summed E-state index contributed by atoms with van der Waals surface area (Å²) in [7, 11) is 0. The third-order valence-electron chi connectivity index (χ3n) is 2.81. The van der Waals surface area contributed by atoms with E-state index in [4.69, 9.17) is 10.00 Å². The van der Waals surface area contributed by atoms with Crippen LogP contribution in [0.5, 0.6) is 5.75 Å². The van der Waals surface area contributed by atoms with Gasteiger partial charge in [0, 0.05) is 11.2 Å². The predicted octanol–water partition coefficient (Wildman–Crippen LogP) is 3.80. The van der Waals surface area contributed by atoms with E-state index in [1.807, 2.05) is 24.3 Å². The molecule has 1 atom stereocenters. The fourth-order valence-corrected chi connectivity index (χ4v) is 2.35. The molecule has 1 unspecified atom stereocenters. The maximum absolute atomic E-state index is 8.57. The van der Waals surface area contributed by atoms with Crippen molar-refractivity contribution in [2.45, 2.75) is 20.3 Å². The van der Waals surface area contributed by atoms with Crippen molar-refractivity contribution in [1.82, 2.24) is 0 Å². The molecule has 1 rings (SSSR count). The Labute approximate surface area is 112 Å². The lowest BCUT2D eigenvalue weighted by atomic mass is 9.99. The first kappa shape index (κ1) is 14.1. The highest BCUT2D eigenvalue weighted by Gasteiger charge is 2.12. The van der Waals surface area contributed by atoms with Gasteiger partial charge < -0.3 is 4.74 Å². The molecule has 0 saturated carbocycles. The van der Waals surface area contributed by atoms with E-state index in [2.05, 4.69) is 35.8 Å². The molecule has 0 saturated heterocycles. The van der Waals surface area contributed by atoms with E-state index >= 15 is 0 Å². The molecule has 0 fully saturated rings. The van der Waals surface area contributed by atoms with E-state index < -0.39 is 0 Å². The second-order valence-electron chi connectivity index (χ2n) is 4.45. The van der Waals surface area contributed by atoms with E-state index in [0.717, 1.165) is 23.2 Å². The monoisotopic (exact) mass is 295 g/mol. The molecule has 0 heterocycles. The van der Waals surface area contributed by atoms with Crippen molar-refractivity contribution in [2.75, 3.05) is 11.9 Å². The lowest BCUT2D eigenvalue weighted by Gasteiger charge is -2.18. The second-order valence-corrected chi connectivity index (χ2v) is 5.10. The Hall–Kier alpha value is -1.01. The highest BCUT2D eigenvalue weighted by molar-refractivity contribution is 9.09. The largest absolute Gasteiger partial charge is 0.493 e. The van der Waals surface area contributed by atoms with Crippen LogP contribution >= 0.6 is 15.9 Å². The SMILES string of the molecule is CC(C)C(CBr)COc1ccc(CC#N)cc1. The zero-order valence-corrected chi connectivity index (χ0v) is 11.9. The van der Waals surface area contributed by atoms with Crippen LogP contribution in [0.3, 0.4) is 0 Å². The molecule has 0 aliphatic rings.